The molecule has 0 aliphatic heterocycles. The molecule has 15 heavy (non-hydrogen) atoms. The normalized spacial score (nSPS) is 12.2. The number of rotatable bonds is 4. The summed E-state index contributed by atoms with van der Waals surface area (Å²) in [4.78, 5) is 11.6. The number of hydrogen-bond donors (Lipinski definition) is 2. The van der Waals surface area contributed by atoms with E-state index in [9.17, 15) is 4.79 Å². The number of nitrogens with two attached hydrogens (primary N) is 1. The first-order chi connectivity index (χ1) is 7.13. The van der Waals surface area contributed by atoms with Crippen molar-refractivity contribution in [1.82, 2.24) is 5.32 Å². The third-order valence-electron chi connectivity index (χ3n) is 2.12. The topological polar surface area (TPSA) is 55.1 Å². The van der Waals surface area contributed by atoms with Gasteiger partial charge in [0.25, 0.3) is 5.91 Å². The molecular formula is C11H15ClN2O. The lowest BCUT2D eigenvalue weighted by atomic mass is 10.1. The molecule has 0 saturated heterocycles. The quantitative estimate of drug-likeness (QED) is 0.821. The molecule has 0 bridgehead atoms. The summed E-state index contributed by atoms with van der Waals surface area (Å²) in [5, 5.41) is 3.43. The molecule has 0 spiro atoms. The van der Waals surface area contributed by atoms with Gasteiger partial charge in [-0.05, 0) is 36.7 Å². The maximum atomic E-state index is 11.6. The van der Waals surface area contributed by atoms with Gasteiger partial charge in [0.1, 0.15) is 0 Å². The molecule has 0 fully saturated rings. The van der Waals surface area contributed by atoms with Gasteiger partial charge in [0, 0.05) is 17.1 Å². The number of halogens is 1. The minimum atomic E-state index is -0.0908. The lowest BCUT2D eigenvalue weighted by Gasteiger charge is -2.09. The molecular weight excluding hydrogens is 212 g/mol. The van der Waals surface area contributed by atoms with Crippen LogP contribution in [-0.4, -0.2) is 19.0 Å². The molecule has 3 nitrogen and oxygen atoms in total. The second-order valence-electron chi connectivity index (χ2n) is 3.56. The largest absolute Gasteiger partial charge is 0.352 e. The van der Waals surface area contributed by atoms with Crippen molar-refractivity contribution < 1.29 is 4.79 Å². The molecule has 0 aliphatic carbocycles. The van der Waals surface area contributed by atoms with Gasteiger partial charge in [-0.3, -0.25) is 4.79 Å². The third kappa shape index (κ3) is 3.90. The number of hydrogen-bond acceptors (Lipinski definition) is 2. The highest BCUT2D eigenvalue weighted by molar-refractivity contribution is 6.30. The van der Waals surface area contributed by atoms with Gasteiger partial charge in [-0.1, -0.05) is 18.5 Å². The lowest BCUT2D eigenvalue weighted by molar-refractivity contribution is 0.0948. The fraction of sp³-hybridized carbons (Fsp3) is 0.364. The van der Waals surface area contributed by atoms with E-state index < -0.39 is 0 Å². The van der Waals surface area contributed by atoms with Crippen LogP contribution in [0.4, 0.5) is 0 Å². The number of carbonyl (C=O) groups is 1. The minimum absolute atomic E-state index is 0.0908. The van der Waals surface area contributed by atoms with Crippen LogP contribution >= 0.6 is 11.6 Å². The maximum Gasteiger partial charge on any atom is 0.251 e. The molecule has 0 heterocycles. The molecule has 0 aromatic heterocycles. The van der Waals surface area contributed by atoms with Gasteiger partial charge < -0.3 is 11.1 Å². The smallest absolute Gasteiger partial charge is 0.251 e. The summed E-state index contributed by atoms with van der Waals surface area (Å²) >= 11 is 5.72. The van der Waals surface area contributed by atoms with Gasteiger partial charge in [0.2, 0.25) is 0 Å². The summed E-state index contributed by atoms with van der Waals surface area (Å²) in [5.74, 6) is 0.202. The summed E-state index contributed by atoms with van der Waals surface area (Å²) in [6.45, 7) is 3.15. The molecule has 1 amide bonds. The molecule has 1 atom stereocenters. The highest BCUT2D eigenvalue weighted by atomic mass is 35.5. The summed E-state index contributed by atoms with van der Waals surface area (Å²) in [6.07, 6.45) is 0. The predicted octanol–water partition coefficient (Wildman–Crippen LogP) is 1.66. The van der Waals surface area contributed by atoms with Crippen molar-refractivity contribution in [2.24, 2.45) is 11.7 Å². The lowest BCUT2D eigenvalue weighted by Crippen LogP contribution is -2.31. The van der Waals surface area contributed by atoms with E-state index >= 15 is 0 Å². The van der Waals surface area contributed by atoms with Crippen molar-refractivity contribution in [3.8, 4) is 0 Å². The Balaban J connectivity index is 2.50. The number of nitrogens with one attached hydrogen (secondary N) is 1. The zero-order chi connectivity index (χ0) is 11.3. The molecule has 0 aliphatic rings. The average molecular weight is 227 g/mol. The number of benzene rings is 1. The third-order valence-corrected chi connectivity index (χ3v) is 2.37. The van der Waals surface area contributed by atoms with Crippen LogP contribution in [0.3, 0.4) is 0 Å². The molecule has 0 saturated carbocycles. The highest BCUT2D eigenvalue weighted by Crippen LogP contribution is 2.09. The van der Waals surface area contributed by atoms with Crippen LogP contribution in [0.15, 0.2) is 24.3 Å². The summed E-state index contributed by atoms with van der Waals surface area (Å²) < 4.78 is 0. The standard InChI is InChI=1S/C11H15ClN2O/c1-8(6-13)7-14-11(15)9-2-4-10(12)5-3-9/h2-5,8H,6-7,13H2,1H3,(H,14,15). The van der Waals surface area contributed by atoms with E-state index in [1.807, 2.05) is 6.92 Å². The van der Waals surface area contributed by atoms with E-state index in [1.54, 1.807) is 24.3 Å². The van der Waals surface area contributed by atoms with Crippen LogP contribution in [-0.2, 0) is 0 Å². The van der Waals surface area contributed by atoms with Crippen molar-refractivity contribution in [2.45, 2.75) is 6.92 Å². The maximum absolute atomic E-state index is 11.6. The Morgan fingerprint density at radius 2 is 2.07 bits per heavy atom. The molecule has 1 unspecified atom stereocenters. The van der Waals surface area contributed by atoms with Gasteiger partial charge in [0.15, 0.2) is 0 Å². The van der Waals surface area contributed by atoms with E-state index in [0.717, 1.165) is 0 Å². The number of amides is 1. The first-order valence-corrected chi connectivity index (χ1v) is 5.25. The van der Waals surface area contributed by atoms with E-state index in [2.05, 4.69) is 5.32 Å². The van der Waals surface area contributed by atoms with Gasteiger partial charge in [-0.25, -0.2) is 0 Å². The Morgan fingerprint density at radius 3 is 2.60 bits per heavy atom. The highest BCUT2D eigenvalue weighted by Gasteiger charge is 2.06. The zero-order valence-corrected chi connectivity index (χ0v) is 9.42. The van der Waals surface area contributed by atoms with Crippen LogP contribution in [0.2, 0.25) is 5.02 Å². The molecule has 3 N–H and O–H groups in total. The second kappa shape index (κ2) is 5.73. The minimum Gasteiger partial charge on any atom is -0.352 e. The molecule has 82 valence electrons. The molecule has 1 aromatic carbocycles. The van der Waals surface area contributed by atoms with Gasteiger partial charge in [0.05, 0.1) is 0 Å². The van der Waals surface area contributed by atoms with Crippen LogP contribution in [0.25, 0.3) is 0 Å². The summed E-state index contributed by atoms with van der Waals surface area (Å²) in [6, 6.07) is 6.79. The Morgan fingerprint density at radius 1 is 1.47 bits per heavy atom. The monoisotopic (exact) mass is 226 g/mol. The van der Waals surface area contributed by atoms with Crippen molar-refractivity contribution in [2.75, 3.05) is 13.1 Å². The van der Waals surface area contributed by atoms with Crippen molar-refractivity contribution in [1.29, 1.82) is 0 Å². The Kier molecular flexibility index (Phi) is 4.59. The van der Waals surface area contributed by atoms with Crippen LogP contribution < -0.4 is 11.1 Å². The number of carbonyl (C=O) groups excluding carboxylic acids is 1. The SMILES string of the molecule is CC(CN)CNC(=O)c1ccc(Cl)cc1. The van der Waals surface area contributed by atoms with Crippen LogP contribution in [0.1, 0.15) is 17.3 Å². The first-order valence-electron chi connectivity index (χ1n) is 4.87. The van der Waals surface area contributed by atoms with Crippen LogP contribution in [0, 0.1) is 5.92 Å². The second-order valence-corrected chi connectivity index (χ2v) is 3.99. The van der Waals surface area contributed by atoms with E-state index in [4.69, 9.17) is 17.3 Å². The Hall–Kier alpha value is -1.06. The fourth-order valence-electron chi connectivity index (χ4n) is 1.05. The fourth-order valence-corrected chi connectivity index (χ4v) is 1.18. The zero-order valence-electron chi connectivity index (χ0n) is 8.66. The molecule has 1 rings (SSSR count). The van der Waals surface area contributed by atoms with Crippen molar-refractivity contribution in [3.63, 3.8) is 0 Å². The molecule has 0 radical (unpaired) electrons. The van der Waals surface area contributed by atoms with Gasteiger partial charge in [-0.2, -0.15) is 0 Å². The van der Waals surface area contributed by atoms with Crippen molar-refractivity contribution >= 4 is 17.5 Å². The van der Waals surface area contributed by atoms with Gasteiger partial charge in [-0.15, -0.1) is 0 Å². The Bertz CT molecular complexity index is 324. The van der Waals surface area contributed by atoms with Crippen molar-refractivity contribution in [3.05, 3.63) is 34.9 Å². The predicted molar refractivity (Wildman–Crippen MR) is 62.0 cm³/mol. The first kappa shape index (κ1) is 12.0. The van der Waals surface area contributed by atoms with Gasteiger partial charge >= 0.3 is 0 Å². The van der Waals surface area contributed by atoms with E-state index in [1.165, 1.54) is 0 Å². The molecule has 4 heteroatoms. The van der Waals surface area contributed by atoms with E-state index in [0.29, 0.717) is 29.6 Å². The molecule has 1 aromatic rings. The van der Waals surface area contributed by atoms with E-state index in [-0.39, 0.29) is 5.91 Å². The summed E-state index contributed by atoms with van der Waals surface area (Å²) in [5.41, 5.74) is 6.06. The Labute approximate surface area is 94.6 Å². The van der Waals surface area contributed by atoms with Crippen LogP contribution in [0.5, 0.6) is 0 Å². The summed E-state index contributed by atoms with van der Waals surface area (Å²) in [7, 11) is 0. The average Bonchev–Trinajstić information content (AvgIpc) is 2.26.